The highest BCUT2D eigenvalue weighted by Gasteiger charge is 2.32. The Kier molecular flexibility index (Phi) is 3.95. The van der Waals surface area contributed by atoms with Crippen LogP contribution in [0.2, 0.25) is 0 Å². The second-order valence-corrected chi connectivity index (χ2v) is 8.29. The summed E-state index contributed by atoms with van der Waals surface area (Å²) in [5.41, 5.74) is 8.25. The van der Waals surface area contributed by atoms with Crippen molar-refractivity contribution in [3.63, 3.8) is 0 Å². The molecule has 0 fully saturated rings. The van der Waals surface area contributed by atoms with Crippen molar-refractivity contribution in [2.45, 2.75) is 33.6 Å². The van der Waals surface area contributed by atoms with Gasteiger partial charge in [-0.2, -0.15) is 4.57 Å². The van der Waals surface area contributed by atoms with E-state index < -0.39 is 0 Å². The van der Waals surface area contributed by atoms with Crippen molar-refractivity contribution in [2.75, 3.05) is 0 Å². The number of nitrogens with zero attached hydrogens (tertiary/aromatic N) is 2. The van der Waals surface area contributed by atoms with E-state index >= 15 is 0 Å². The molecule has 3 nitrogen and oxygen atoms in total. The van der Waals surface area contributed by atoms with Crippen molar-refractivity contribution in [3.05, 3.63) is 71.7 Å². The third kappa shape index (κ3) is 2.65. The highest BCUT2D eigenvalue weighted by atomic mass is 16.5. The van der Waals surface area contributed by atoms with Crippen LogP contribution in [0.5, 0.6) is 11.5 Å². The quantitative estimate of drug-likeness (QED) is 0.338. The predicted molar refractivity (Wildman–Crippen MR) is 117 cm³/mol. The number of aromatic nitrogens is 2. The monoisotopic (exact) mass is 381 g/mol. The molecule has 0 aliphatic carbocycles. The third-order valence-electron chi connectivity index (χ3n) is 6.06. The maximum Gasteiger partial charge on any atom is 0.257 e. The molecule has 5 rings (SSSR count). The first kappa shape index (κ1) is 17.9. The van der Waals surface area contributed by atoms with E-state index in [1.54, 1.807) is 0 Å². The number of benzene rings is 2. The molecule has 0 bridgehead atoms. The van der Waals surface area contributed by atoms with Gasteiger partial charge in [0.1, 0.15) is 12.8 Å². The Labute approximate surface area is 171 Å². The number of aryl methyl sites for hydroxylation is 2. The van der Waals surface area contributed by atoms with Crippen LogP contribution in [-0.4, -0.2) is 4.98 Å². The number of hydrogen-bond donors (Lipinski definition) is 0. The molecule has 1 aliphatic rings. The molecule has 4 aromatic rings. The van der Waals surface area contributed by atoms with E-state index in [9.17, 15) is 0 Å². The Morgan fingerprint density at radius 2 is 1.86 bits per heavy atom. The van der Waals surface area contributed by atoms with Crippen molar-refractivity contribution in [1.82, 2.24) is 4.98 Å². The normalized spacial score (nSPS) is 12.2. The molecular weight excluding hydrogens is 356 g/mol. The molecule has 3 heterocycles. The fourth-order valence-corrected chi connectivity index (χ4v) is 4.30. The Morgan fingerprint density at radius 3 is 2.59 bits per heavy atom. The molecule has 0 saturated heterocycles. The number of pyridine rings is 2. The second-order valence-electron chi connectivity index (χ2n) is 8.29. The van der Waals surface area contributed by atoms with Gasteiger partial charge in [0.15, 0.2) is 6.20 Å². The fourth-order valence-electron chi connectivity index (χ4n) is 4.30. The van der Waals surface area contributed by atoms with E-state index in [0.29, 0.717) is 5.92 Å². The summed E-state index contributed by atoms with van der Waals surface area (Å²) >= 11 is 0. The van der Waals surface area contributed by atoms with Gasteiger partial charge in [-0.05, 0) is 48.4 Å². The zero-order chi connectivity index (χ0) is 20.3. The van der Waals surface area contributed by atoms with Gasteiger partial charge in [0.05, 0.1) is 5.56 Å². The maximum absolute atomic E-state index is 6.54. The van der Waals surface area contributed by atoms with Gasteiger partial charge in [0.25, 0.3) is 5.69 Å². The van der Waals surface area contributed by atoms with Gasteiger partial charge in [0, 0.05) is 34.5 Å². The first-order chi connectivity index (χ1) is 14.0. The Bertz CT molecular complexity index is 1270. The van der Waals surface area contributed by atoms with E-state index in [2.05, 4.69) is 93.0 Å². The van der Waals surface area contributed by atoms with Crippen LogP contribution in [0.4, 0.5) is 0 Å². The van der Waals surface area contributed by atoms with E-state index in [-0.39, 0.29) is 0 Å². The lowest BCUT2D eigenvalue weighted by molar-refractivity contribution is -0.660. The lowest BCUT2D eigenvalue weighted by Gasteiger charge is -2.23. The van der Waals surface area contributed by atoms with Gasteiger partial charge >= 0.3 is 0 Å². The number of rotatable bonds is 2. The fraction of sp³-hybridized carbons (Fsp3) is 0.231. The van der Waals surface area contributed by atoms with Crippen molar-refractivity contribution in [1.29, 1.82) is 0 Å². The van der Waals surface area contributed by atoms with Crippen molar-refractivity contribution in [2.24, 2.45) is 7.05 Å². The molecule has 0 N–H and O–H groups in total. The van der Waals surface area contributed by atoms with Crippen LogP contribution >= 0.6 is 0 Å². The first-order valence-corrected chi connectivity index (χ1v) is 10.2. The second kappa shape index (κ2) is 6.41. The smallest absolute Gasteiger partial charge is 0.257 e. The molecule has 0 spiro atoms. The summed E-state index contributed by atoms with van der Waals surface area (Å²) in [4.78, 5) is 4.68. The van der Waals surface area contributed by atoms with Gasteiger partial charge in [-0.1, -0.05) is 38.1 Å². The molecule has 2 aromatic heterocycles. The third-order valence-corrected chi connectivity index (χ3v) is 6.06. The minimum atomic E-state index is 0.415. The summed E-state index contributed by atoms with van der Waals surface area (Å²) in [6.45, 7) is 8.73. The topological polar surface area (TPSA) is 26.0 Å². The highest BCUT2D eigenvalue weighted by molar-refractivity contribution is 6.05. The number of fused-ring (bicyclic) bond motifs is 2. The molecule has 3 heteroatoms. The minimum absolute atomic E-state index is 0.415. The number of ether oxygens (including phenoxy) is 1. The average molecular weight is 381 g/mol. The minimum Gasteiger partial charge on any atom is -0.449 e. The molecule has 0 amide bonds. The lowest BCUT2D eigenvalue weighted by Crippen LogP contribution is -2.32. The Hall–Kier alpha value is -3.20. The Balaban J connectivity index is 1.82. The zero-order valence-electron chi connectivity index (χ0n) is 17.6. The summed E-state index contributed by atoms with van der Waals surface area (Å²) in [7, 11) is 2.09. The molecule has 0 unspecified atom stereocenters. The molecule has 29 heavy (non-hydrogen) atoms. The largest absolute Gasteiger partial charge is 0.449 e. The molecular formula is C26H25N2O+. The van der Waals surface area contributed by atoms with E-state index in [0.717, 1.165) is 34.0 Å². The van der Waals surface area contributed by atoms with Crippen molar-refractivity contribution >= 4 is 10.8 Å². The van der Waals surface area contributed by atoms with E-state index in [1.165, 1.54) is 27.5 Å². The van der Waals surface area contributed by atoms with E-state index in [4.69, 9.17) is 4.74 Å². The average Bonchev–Trinajstić information content (AvgIpc) is 2.71. The number of hydrogen-bond acceptors (Lipinski definition) is 2. The summed E-state index contributed by atoms with van der Waals surface area (Å²) < 4.78 is 8.71. The van der Waals surface area contributed by atoms with Gasteiger partial charge in [-0.3, -0.25) is 4.98 Å². The molecule has 0 atom stereocenters. The maximum atomic E-state index is 6.54. The van der Waals surface area contributed by atoms with E-state index in [1.807, 2.05) is 6.20 Å². The molecule has 0 saturated carbocycles. The standard InChI is InChI=1S/C26H25N2O/c1-15(2)21-10-9-19(14-27-21)20-11-12-28(5)25-23-17(4)16(3)13-18-7-6-8-22(24(18)23)29-26(20)25/h6-15H,1-5H3/q+1. The predicted octanol–water partition coefficient (Wildman–Crippen LogP) is 6.24. The van der Waals surface area contributed by atoms with Gasteiger partial charge in [0.2, 0.25) is 5.75 Å². The van der Waals surface area contributed by atoms with Gasteiger partial charge in [-0.25, -0.2) is 0 Å². The molecule has 2 aromatic carbocycles. The molecule has 0 radical (unpaired) electrons. The highest BCUT2D eigenvalue weighted by Crippen LogP contribution is 2.50. The van der Waals surface area contributed by atoms with Gasteiger partial charge < -0.3 is 4.74 Å². The van der Waals surface area contributed by atoms with Crippen LogP contribution < -0.4 is 9.30 Å². The van der Waals surface area contributed by atoms with Crippen LogP contribution in [0.15, 0.2) is 54.9 Å². The van der Waals surface area contributed by atoms with Crippen LogP contribution in [0.3, 0.4) is 0 Å². The summed E-state index contributed by atoms with van der Waals surface area (Å²) in [6, 6.07) is 15.0. The van der Waals surface area contributed by atoms with Crippen LogP contribution in [0, 0.1) is 13.8 Å². The Morgan fingerprint density at radius 1 is 1.03 bits per heavy atom. The zero-order valence-corrected chi connectivity index (χ0v) is 17.6. The molecule has 1 aliphatic heterocycles. The van der Waals surface area contributed by atoms with Crippen LogP contribution in [0.25, 0.3) is 33.2 Å². The van der Waals surface area contributed by atoms with Crippen molar-refractivity contribution < 1.29 is 9.30 Å². The summed E-state index contributed by atoms with van der Waals surface area (Å²) in [5, 5.41) is 2.42. The van der Waals surface area contributed by atoms with Crippen LogP contribution in [0.1, 0.15) is 36.6 Å². The van der Waals surface area contributed by atoms with Gasteiger partial charge in [-0.15, -0.1) is 0 Å². The SMILES string of the molecule is Cc1cc2cccc3c2c(c1C)-c1c(c(-c2ccc(C(C)C)nc2)cc[n+]1C)O3. The first-order valence-electron chi connectivity index (χ1n) is 10.2. The lowest BCUT2D eigenvalue weighted by atomic mass is 9.89. The van der Waals surface area contributed by atoms with Crippen LogP contribution in [-0.2, 0) is 7.05 Å². The molecule has 144 valence electrons. The summed E-state index contributed by atoms with van der Waals surface area (Å²) in [6.07, 6.45) is 4.09. The summed E-state index contributed by atoms with van der Waals surface area (Å²) in [5.74, 6) is 2.24. The van der Waals surface area contributed by atoms with Crippen molar-refractivity contribution in [3.8, 4) is 33.9 Å².